The molecule has 9 heteroatoms. The summed E-state index contributed by atoms with van der Waals surface area (Å²) in [6.07, 6.45) is -5.32. The molecule has 0 aliphatic heterocycles. The number of carbonyl (C=O) groups is 1. The summed E-state index contributed by atoms with van der Waals surface area (Å²) in [6.45, 7) is -1.35. The Bertz CT molecular complexity index is 547. The molecule has 21 heavy (non-hydrogen) atoms. The number of alkyl halides is 3. The maximum absolute atomic E-state index is 13.7. The molecule has 0 spiro atoms. The highest BCUT2D eigenvalue weighted by Crippen LogP contribution is 2.37. The molecule has 1 aromatic rings. The van der Waals surface area contributed by atoms with Gasteiger partial charge < -0.3 is 14.6 Å². The lowest BCUT2D eigenvalue weighted by atomic mass is 9.92. The molecular formula is C12H11ClF4O4. The maximum atomic E-state index is 13.7. The van der Waals surface area contributed by atoms with Crippen LogP contribution in [0.4, 0.5) is 17.6 Å². The minimum absolute atomic E-state index is 0.348. The SMILES string of the molecule is COCC(O)(C(=O)c1ccc(OC)c(F)c1Cl)C(F)(F)F. The lowest BCUT2D eigenvalue weighted by molar-refractivity contribution is -0.249. The number of rotatable bonds is 5. The average molecular weight is 331 g/mol. The number of benzene rings is 1. The molecule has 1 unspecified atom stereocenters. The van der Waals surface area contributed by atoms with Crippen LogP contribution in [0.2, 0.25) is 5.02 Å². The molecule has 0 bridgehead atoms. The van der Waals surface area contributed by atoms with Crippen LogP contribution >= 0.6 is 11.6 Å². The van der Waals surface area contributed by atoms with Crippen molar-refractivity contribution in [2.75, 3.05) is 20.8 Å². The smallest absolute Gasteiger partial charge is 0.427 e. The highest BCUT2D eigenvalue weighted by molar-refractivity contribution is 6.34. The van der Waals surface area contributed by atoms with E-state index >= 15 is 0 Å². The minimum Gasteiger partial charge on any atom is -0.494 e. The predicted molar refractivity (Wildman–Crippen MR) is 65.2 cm³/mol. The molecule has 118 valence electrons. The monoisotopic (exact) mass is 330 g/mol. The van der Waals surface area contributed by atoms with Crippen LogP contribution in [0.3, 0.4) is 0 Å². The Morgan fingerprint density at radius 1 is 1.33 bits per heavy atom. The second-order valence-electron chi connectivity index (χ2n) is 4.06. The highest BCUT2D eigenvalue weighted by atomic mass is 35.5. The summed E-state index contributed by atoms with van der Waals surface area (Å²) in [5.74, 6) is -3.37. The molecule has 0 saturated heterocycles. The summed E-state index contributed by atoms with van der Waals surface area (Å²) in [5, 5.41) is 8.72. The van der Waals surface area contributed by atoms with Gasteiger partial charge in [-0.25, -0.2) is 4.39 Å². The van der Waals surface area contributed by atoms with Gasteiger partial charge in [-0.1, -0.05) is 11.6 Å². The van der Waals surface area contributed by atoms with E-state index in [0.29, 0.717) is 0 Å². The van der Waals surface area contributed by atoms with Gasteiger partial charge in [-0.05, 0) is 12.1 Å². The highest BCUT2D eigenvalue weighted by Gasteiger charge is 2.60. The molecule has 0 amide bonds. The van der Waals surface area contributed by atoms with Crippen molar-refractivity contribution in [1.82, 2.24) is 0 Å². The lowest BCUT2D eigenvalue weighted by Crippen LogP contribution is -2.55. The molecule has 1 rings (SSSR count). The summed E-state index contributed by atoms with van der Waals surface area (Å²) < 4.78 is 61.2. The van der Waals surface area contributed by atoms with E-state index in [4.69, 9.17) is 11.6 Å². The van der Waals surface area contributed by atoms with Crippen LogP contribution in [0, 0.1) is 5.82 Å². The van der Waals surface area contributed by atoms with Crippen LogP contribution in [0.1, 0.15) is 10.4 Å². The van der Waals surface area contributed by atoms with Gasteiger partial charge in [0.25, 0.3) is 0 Å². The third-order valence-electron chi connectivity index (χ3n) is 2.71. The number of aliphatic hydroxyl groups is 1. The van der Waals surface area contributed by atoms with E-state index in [0.717, 1.165) is 26.4 Å². The van der Waals surface area contributed by atoms with Crippen LogP contribution in [-0.4, -0.2) is 43.5 Å². The number of halogens is 5. The van der Waals surface area contributed by atoms with Gasteiger partial charge >= 0.3 is 6.18 Å². The Morgan fingerprint density at radius 2 is 1.90 bits per heavy atom. The third kappa shape index (κ3) is 3.12. The van der Waals surface area contributed by atoms with Gasteiger partial charge in [0.2, 0.25) is 11.4 Å². The number of carbonyl (C=O) groups excluding carboxylic acids is 1. The van der Waals surface area contributed by atoms with Gasteiger partial charge in [-0.2, -0.15) is 13.2 Å². The lowest BCUT2D eigenvalue weighted by Gasteiger charge is -2.28. The second-order valence-corrected chi connectivity index (χ2v) is 4.44. The number of ketones is 1. The van der Waals surface area contributed by atoms with Crippen LogP contribution in [0.15, 0.2) is 12.1 Å². The summed E-state index contributed by atoms with van der Waals surface area (Å²) in [4.78, 5) is 11.9. The zero-order valence-corrected chi connectivity index (χ0v) is 11.7. The first-order chi connectivity index (χ1) is 9.60. The van der Waals surface area contributed by atoms with Crippen molar-refractivity contribution in [2.45, 2.75) is 11.8 Å². The molecule has 0 aromatic heterocycles. The van der Waals surface area contributed by atoms with E-state index in [-0.39, 0.29) is 5.75 Å². The summed E-state index contributed by atoms with van der Waals surface area (Å²) >= 11 is 5.53. The standard InChI is InChI=1S/C12H11ClF4O4/c1-20-5-11(19,12(15,16)17)10(18)6-3-4-7(21-2)9(14)8(6)13/h3-4,19H,5H2,1-2H3. The molecule has 1 atom stereocenters. The van der Waals surface area contributed by atoms with Crippen LogP contribution in [-0.2, 0) is 4.74 Å². The first-order valence-electron chi connectivity index (χ1n) is 5.45. The summed E-state index contributed by atoms with van der Waals surface area (Å²) in [6, 6.07) is 1.76. The van der Waals surface area contributed by atoms with Gasteiger partial charge in [-0.3, -0.25) is 4.79 Å². The zero-order valence-electron chi connectivity index (χ0n) is 10.9. The second kappa shape index (κ2) is 6.17. The molecule has 0 aliphatic carbocycles. The normalized spacial score (nSPS) is 14.7. The van der Waals surface area contributed by atoms with Crippen molar-refractivity contribution < 1.29 is 36.9 Å². The van der Waals surface area contributed by atoms with E-state index in [9.17, 15) is 27.5 Å². The van der Waals surface area contributed by atoms with Gasteiger partial charge in [0.15, 0.2) is 11.6 Å². The van der Waals surface area contributed by atoms with E-state index in [1.807, 2.05) is 0 Å². The Labute approximate surface area is 122 Å². The topological polar surface area (TPSA) is 55.8 Å². The van der Waals surface area contributed by atoms with Crippen LogP contribution in [0.25, 0.3) is 0 Å². The summed E-state index contributed by atoms with van der Waals surface area (Å²) in [5.41, 5.74) is -4.65. The Balaban J connectivity index is 3.39. The molecular weight excluding hydrogens is 320 g/mol. The Hall–Kier alpha value is -1.38. The molecule has 0 saturated carbocycles. The minimum atomic E-state index is -5.32. The molecule has 0 radical (unpaired) electrons. The van der Waals surface area contributed by atoms with Crippen molar-refractivity contribution in [3.63, 3.8) is 0 Å². The first-order valence-corrected chi connectivity index (χ1v) is 5.82. The number of hydrogen-bond donors (Lipinski definition) is 1. The van der Waals surface area contributed by atoms with Crippen molar-refractivity contribution in [3.05, 3.63) is 28.5 Å². The predicted octanol–water partition coefficient (Wildman–Crippen LogP) is 2.61. The fraction of sp³-hybridized carbons (Fsp3) is 0.417. The number of Topliss-reactive ketones (excluding diaryl/α,β-unsaturated/α-hetero) is 1. The largest absolute Gasteiger partial charge is 0.494 e. The van der Waals surface area contributed by atoms with Crippen molar-refractivity contribution >= 4 is 17.4 Å². The Morgan fingerprint density at radius 3 is 2.33 bits per heavy atom. The van der Waals surface area contributed by atoms with Crippen molar-refractivity contribution in [2.24, 2.45) is 0 Å². The maximum Gasteiger partial charge on any atom is 0.427 e. The van der Waals surface area contributed by atoms with Crippen LogP contribution < -0.4 is 4.74 Å². The van der Waals surface area contributed by atoms with E-state index in [1.54, 1.807) is 0 Å². The van der Waals surface area contributed by atoms with E-state index < -0.39 is 40.6 Å². The Kier molecular flexibility index (Phi) is 5.19. The van der Waals surface area contributed by atoms with Crippen LogP contribution in [0.5, 0.6) is 5.75 Å². The molecule has 1 N–H and O–H groups in total. The molecule has 0 heterocycles. The molecule has 0 fully saturated rings. The molecule has 1 aromatic carbocycles. The number of ether oxygens (including phenoxy) is 2. The van der Waals surface area contributed by atoms with Gasteiger partial charge in [-0.15, -0.1) is 0 Å². The van der Waals surface area contributed by atoms with Crippen molar-refractivity contribution in [3.8, 4) is 5.75 Å². The quantitative estimate of drug-likeness (QED) is 0.666. The number of methoxy groups -OCH3 is 2. The number of hydrogen-bond acceptors (Lipinski definition) is 4. The van der Waals surface area contributed by atoms with Crippen molar-refractivity contribution in [1.29, 1.82) is 0 Å². The van der Waals surface area contributed by atoms with Gasteiger partial charge in [0.1, 0.15) is 0 Å². The summed E-state index contributed by atoms with van der Waals surface area (Å²) in [7, 11) is 1.99. The van der Waals surface area contributed by atoms with E-state index in [2.05, 4.69) is 9.47 Å². The van der Waals surface area contributed by atoms with E-state index in [1.165, 1.54) is 0 Å². The average Bonchev–Trinajstić information content (AvgIpc) is 2.40. The fourth-order valence-corrected chi connectivity index (χ4v) is 1.81. The zero-order chi connectivity index (χ0) is 16.4. The first kappa shape index (κ1) is 17.7. The molecule has 0 aliphatic rings. The third-order valence-corrected chi connectivity index (χ3v) is 3.08. The van der Waals surface area contributed by atoms with Gasteiger partial charge in [0, 0.05) is 12.7 Å². The fourth-order valence-electron chi connectivity index (χ4n) is 1.57. The molecule has 4 nitrogen and oxygen atoms in total. The van der Waals surface area contributed by atoms with Gasteiger partial charge in [0.05, 0.1) is 18.7 Å².